The van der Waals surface area contributed by atoms with Gasteiger partial charge in [-0.25, -0.2) is 13.6 Å². The molecule has 0 amide bonds. The number of halogens is 2. The third-order valence-electron chi connectivity index (χ3n) is 1.81. The second-order valence-electron chi connectivity index (χ2n) is 2.92. The highest BCUT2D eigenvalue weighted by Gasteiger charge is 2.25. The minimum atomic E-state index is -2.86. The monoisotopic (exact) mass is 246 g/mol. The molecule has 0 aliphatic rings. The van der Waals surface area contributed by atoms with E-state index in [-0.39, 0.29) is 6.61 Å². The Morgan fingerprint density at radius 1 is 1.65 bits per heavy atom. The standard InChI is InChI=1S/C9H8F2N2O4/c1-2-17-9(14)6-3-5(7(10)11)4-12-8(6)13(15)16/h3-4,7H,2H2,1H3. The number of carbonyl (C=O) groups excluding carboxylic acids is 1. The van der Waals surface area contributed by atoms with Crippen molar-refractivity contribution in [2.75, 3.05) is 6.61 Å². The van der Waals surface area contributed by atoms with Gasteiger partial charge in [0.2, 0.25) is 0 Å². The first-order chi connectivity index (χ1) is 7.97. The number of ether oxygens (including phenoxy) is 1. The van der Waals surface area contributed by atoms with Gasteiger partial charge in [0.15, 0.2) is 5.56 Å². The topological polar surface area (TPSA) is 82.3 Å². The molecular weight excluding hydrogens is 238 g/mol. The number of esters is 1. The SMILES string of the molecule is CCOC(=O)c1cc(C(F)F)cnc1[N+](=O)[O-]. The lowest BCUT2D eigenvalue weighted by Crippen LogP contribution is -2.10. The number of nitrogens with zero attached hydrogens (tertiary/aromatic N) is 2. The van der Waals surface area contributed by atoms with Gasteiger partial charge in [-0.15, -0.1) is 0 Å². The molecule has 0 fully saturated rings. The molecule has 0 aliphatic carbocycles. The Bertz CT molecular complexity index is 451. The number of hydrogen-bond donors (Lipinski definition) is 0. The van der Waals surface area contributed by atoms with Crippen molar-refractivity contribution in [2.45, 2.75) is 13.3 Å². The van der Waals surface area contributed by atoms with Gasteiger partial charge in [0, 0.05) is 0 Å². The van der Waals surface area contributed by atoms with Crippen LogP contribution in [0.1, 0.15) is 29.3 Å². The van der Waals surface area contributed by atoms with E-state index >= 15 is 0 Å². The fraction of sp³-hybridized carbons (Fsp3) is 0.333. The molecule has 0 N–H and O–H groups in total. The number of aromatic nitrogens is 1. The molecule has 6 nitrogen and oxygen atoms in total. The maximum Gasteiger partial charge on any atom is 0.378 e. The summed E-state index contributed by atoms with van der Waals surface area (Å²) >= 11 is 0. The van der Waals surface area contributed by atoms with Gasteiger partial charge in [-0.05, 0) is 22.9 Å². The van der Waals surface area contributed by atoms with Gasteiger partial charge in [-0.1, -0.05) is 0 Å². The summed E-state index contributed by atoms with van der Waals surface area (Å²) in [6.45, 7) is 1.48. The molecule has 0 saturated heterocycles. The Hall–Kier alpha value is -2.12. The molecule has 0 bridgehead atoms. The maximum absolute atomic E-state index is 12.4. The fourth-order valence-corrected chi connectivity index (χ4v) is 1.10. The molecule has 0 spiro atoms. The van der Waals surface area contributed by atoms with Crippen LogP contribution in [0.3, 0.4) is 0 Å². The number of rotatable bonds is 4. The van der Waals surface area contributed by atoms with Crippen LogP contribution < -0.4 is 0 Å². The number of carbonyl (C=O) groups is 1. The van der Waals surface area contributed by atoms with Crippen molar-refractivity contribution in [2.24, 2.45) is 0 Å². The zero-order valence-corrected chi connectivity index (χ0v) is 8.72. The van der Waals surface area contributed by atoms with Crippen LogP contribution in [0.25, 0.3) is 0 Å². The van der Waals surface area contributed by atoms with E-state index in [0.29, 0.717) is 12.3 Å². The Kier molecular flexibility index (Phi) is 4.02. The van der Waals surface area contributed by atoms with E-state index in [1.807, 2.05) is 0 Å². The number of alkyl halides is 2. The Morgan fingerprint density at radius 3 is 2.76 bits per heavy atom. The zero-order valence-electron chi connectivity index (χ0n) is 8.72. The van der Waals surface area contributed by atoms with E-state index in [9.17, 15) is 23.7 Å². The third-order valence-corrected chi connectivity index (χ3v) is 1.81. The Morgan fingerprint density at radius 2 is 2.29 bits per heavy atom. The second-order valence-corrected chi connectivity index (χ2v) is 2.92. The summed E-state index contributed by atoms with van der Waals surface area (Å²) in [5.41, 5.74) is -1.15. The van der Waals surface area contributed by atoms with Gasteiger partial charge in [-0.3, -0.25) is 0 Å². The van der Waals surface area contributed by atoms with Gasteiger partial charge >= 0.3 is 11.8 Å². The minimum Gasteiger partial charge on any atom is -0.462 e. The van der Waals surface area contributed by atoms with Crippen molar-refractivity contribution < 1.29 is 23.2 Å². The molecule has 92 valence electrons. The van der Waals surface area contributed by atoms with Crippen LogP contribution in [0, 0.1) is 10.1 Å². The molecule has 1 aromatic rings. The molecule has 0 atom stereocenters. The molecule has 0 aromatic carbocycles. The molecular formula is C9H8F2N2O4. The zero-order chi connectivity index (χ0) is 13.0. The summed E-state index contributed by atoms with van der Waals surface area (Å²) in [7, 11) is 0. The summed E-state index contributed by atoms with van der Waals surface area (Å²) in [5, 5.41) is 10.6. The summed E-state index contributed by atoms with van der Waals surface area (Å²) in [4.78, 5) is 24.2. The lowest BCUT2D eigenvalue weighted by molar-refractivity contribution is -0.389. The van der Waals surface area contributed by atoms with E-state index < -0.39 is 34.3 Å². The van der Waals surface area contributed by atoms with Gasteiger partial charge in [0.05, 0.1) is 12.2 Å². The lowest BCUT2D eigenvalue weighted by Gasteiger charge is -2.04. The smallest absolute Gasteiger partial charge is 0.378 e. The highest BCUT2D eigenvalue weighted by atomic mass is 19.3. The molecule has 17 heavy (non-hydrogen) atoms. The largest absolute Gasteiger partial charge is 0.462 e. The van der Waals surface area contributed by atoms with Crippen LogP contribution in [0.4, 0.5) is 14.6 Å². The quantitative estimate of drug-likeness (QED) is 0.461. The van der Waals surface area contributed by atoms with E-state index in [2.05, 4.69) is 9.72 Å². The van der Waals surface area contributed by atoms with Crippen LogP contribution in [-0.2, 0) is 4.74 Å². The van der Waals surface area contributed by atoms with Crippen LogP contribution >= 0.6 is 0 Å². The maximum atomic E-state index is 12.4. The first-order valence-electron chi connectivity index (χ1n) is 4.57. The van der Waals surface area contributed by atoms with Gasteiger partial charge in [0.25, 0.3) is 6.43 Å². The minimum absolute atomic E-state index is 0.0190. The highest BCUT2D eigenvalue weighted by Crippen LogP contribution is 2.24. The Balaban J connectivity index is 3.25. The summed E-state index contributed by atoms with van der Waals surface area (Å²) in [5.74, 6) is -1.85. The lowest BCUT2D eigenvalue weighted by atomic mass is 10.2. The van der Waals surface area contributed by atoms with E-state index in [0.717, 1.165) is 0 Å². The molecule has 0 unspecified atom stereocenters. The van der Waals surface area contributed by atoms with Crippen molar-refractivity contribution in [1.82, 2.24) is 4.98 Å². The van der Waals surface area contributed by atoms with Gasteiger partial charge < -0.3 is 14.9 Å². The molecule has 0 radical (unpaired) electrons. The fourth-order valence-electron chi connectivity index (χ4n) is 1.10. The predicted molar refractivity (Wildman–Crippen MR) is 51.8 cm³/mol. The van der Waals surface area contributed by atoms with Crippen molar-refractivity contribution in [3.63, 3.8) is 0 Å². The predicted octanol–water partition coefficient (Wildman–Crippen LogP) is 2.10. The van der Waals surface area contributed by atoms with E-state index in [1.54, 1.807) is 0 Å². The van der Waals surface area contributed by atoms with Crippen molar-refractivity contribution in [3.05, 3.63) is 33.5 Å². The average molecular weight is 246 g/mol. The summed E-state index contributed by atoms with van der Waals surface area (Å²) in [6, 6.07) is 0.716. The van der Waals surface area contributed by atoms with Crippen LogP contribution in [-0.4, -0.2) is 22.5 Å². The van der Waals surface area contributed by atoms with E-state index in [1.165, 1.54) is 6.92 Å². The van der Waals surface area contributed by atoms with Crippen molar-refractivity contribution in [1.29, 1.82) is 0 Å². The van der Waals surface area contributed by atoms with Crippen LogP contribution in [0.15, 0.2) is 12.3 Å². The highest BCUT2D eigenvalue weighted by molar-refractivity contribution is 5.93. The molecule has 1 heterocycles. The second kappa shape index (κ2) is 5.28. The normalized spacial score (nSPS) is 10.4. The van der Waals surface area contributed by atoms with E-state index in [4.69, 9.17) is 0 Å². The van der Waals surface area contributed by atoms with Crippen molar-refractivity contribution in [3.8, 4) is 0 Å². The van der Waals surface area contributed by atoms with Gasteiger partial charge in [-0.2, -0.15) is 0 Å². The number of nitro groups is 1. The Labute approximate surface area is 94.4 Å². The first-order valence-corrected chi connectivity index (χ1v) is 4.57. The molecule has 8 heteroatoms. The van der Waals surface area contributed by atoms with Crippen molar-refractivity contribution >= 4 is 11.8 Å². The van der Waals surface area contributed by atoms with Crippen LogP contribution in [0.5, 0.6) is 0 Å². The average Bonchev–Trinajstić information content (AvgIpc) is 2.28. The van der Waals surface area contributed by atoms with Gasteiger partial charge in [0.1, 0.15) is 6.20 Å². The first kappa shape index (κ1) is 12.9. The summed E-state index contributed by atoms with van der Waals surface area (Å²) < 4.78 is 29.3. The number of pyridine rings is 1. The van der Waals surface area contributed by atoms with Crippen LogP contribution in [0.2, 0.25) is 0 Å². The summed E-state index contributed by atoms with van der Waals surface area (Å²) in [6.07, 6.45) is -2.21. The molecule has 0 aliphatic heterocycles. The number of hydrogen-bond acceptors (Lipinski definition) is 5. The molecule has 1 aromatic heterocycles. The third kappa shape index (κ3) is 2.92. The molecule has 0 saturated carbocycles. The molecule has 1 rings (SSSR count).